The van der Waals surface area contributed by atoms with Gasteiger partial charge in [0, 0.05) is 16.9 Å². The molecular weight excluding hydrogens is 420 g/mol. The summed E-state index contributed by atoms with van der Waals surface area (Å²) in [5, 5.41) is 3.63. The smallest absolute Gasteiger partial charge is 0.259 e. The number of aromatic nitrogens is 1. The number of rotatable bonds is 7. The number of pyridine rings is 1. The number of ether oxygens (including phenoxy) is 1. The molecule has 0 atom stereocenters. The Morgan fingerprint density at radius 2 is 1.72 bits per heavy atom. The maximum atomic E-state index is 12.9. The number of para-hydroxylation sites is 1. The molecule has 0 fully saturated rings. The number of nitrogens with one attached hydrogen (secondary N) is 1. The van der Waals surface area contributed by atoms with Gasteiger partial charge in [0.05, 0.1) is 11.3 Å². The molecule has 158 valence electrons. The molecule has 0 spiro atoms. The topological polar surface area (TPSA) is 51.2 Å². The predicted molar refractivity (Wildman–Crippen MR) is 130 cm³/mol. The Balaban J connectivity index is 1.45. The first kappa shape index (κ1) is 21.3. The zero-order chi connectivity index (χ0) is 22.2. The van der Waals surface area contributed by atoms with E-state index in [2.05, 4.69) is 10.3 Å². The summed E-state index contributed by atoms with van der Waals surface area (Å²) in [6.45, 7) is 0.343. The van der Waals surface area contributed by atoms with Crippen molar-refractivity contribution >= 4 is 35.3 Å². The first-order valence-corrected chi connectivity index (χ1v) is 10.5. The van der Waals surface area contributed by atoms with Gasteiger partial charge in [-0.2, -0.15) is 0 Å². The summed E-state index contributed by atoms with van der Waals surface area (Å²) in [5.41, 5.74) is 3.97. The minimum absolute atomic E-state index is 0.234. The lowest BCUT2D eigenvalue weighted by atomic mass is 10.1. The number of carbonyl (C=O) groups excluding carboxylic acids is 1. The molecule has 1 heterocycles. The van der Waals surface area contributed by atoms with E-state index >= 15 is 0 Å². The summed E-state index contributed by atoms with van der Waals surface area (Å²) >= 11 is 5.93. The van der Waals surface area contributed by atoms with Gasteiger partial charge in [-0.3, -0.25) is 9.78 Å². The van der Waals surface area contributed by atoms with Gasteiger partial charge in [-0.15, -0.1) is 0 Å². The van der Waals surface area contributed by atoms with Gasteiger partial charge in [-0.05, 0) is 65.7 Å². The van der Waals surface area contributed by atoms with Crippen molar-refractivity contribution in [1.82, 2.24) is 4.98 Å². The van der Waals surface area contributed by atoms with Crippen molar-refractivity contribution in [1.29, 1.82) is 0 Å². The van der Waals surface area contributed by atoms with Crippen LogP contribution in [-0.4, -0.2) is 10.9 Å². The Morgan fingerprint density at radius 1 is 0.906 bits per heavy atom. The molecule has 0 saturated carbocycles. The van der Waals surface area contributed by atoms with Crippen LogP contribution in [0.3, 0.4) is 0 Å². The molecule has 4 rings (SSSR count). The number of halogens is 1. The number of carbonyl (C=O) groups is 1. The van der Waals surface area contributed by atoms with Gasteiger partial charge in [-0.25, -0.2) is 0 Å². The average molecular weight is 441 g/mol. The van der Waals surface area contributed by atoms with E-state index in [-0.39, 0.29) is 5.91 Å². The number of hydrogen-bond donors (Lipinski definition) is 1. The molecule has 0 unspecified atom stereocenters. The van der Waals surface area contributed by atoms with E-state index in [4.69, 9.17) is 16.3 Å². The monoisotopic (exact) mass is 440 g/mol. The largest absolute Gasteiger partial charge is 0.488 e. The number of benzene rings is 3. The highest BCUT2D eigenvalue weighted by molar-refractivity contribution is 6.30. The van der Waals surface area contributed by atoms with Crippen molar-refractivity contribution in [3.05, 3.63) is 125 Å². The van der Waals surface area contributed by atoms with E-state index in [9.17, 15) is 4.79 Å². The number of nitrogens with zero attached hydrogens (tertiary/aromatic N) is 1. The van der Waals surface area contributed by atoms with Gasteiger partial charge >= 0.3 is 0 Å². The highest BCUT2D eigenvalue weighted by Gasteiger charge is 2.13. The van der Waals surface area contributed by atoms with Crippen LogP contribution in [0.25, 0.3) is 12.2 Å². The maximum absolute atomic E-state index is 12.9. The molecule has 32 heavy (non-hydrogen) atoms. The summed E-state index contributed by atoms with van der Waals surface area (Å²) in [5.74, 6) is 0.286. The van der Waals surface area contributed by atoms with Crippen molar-refractivity contribution in [2.75, 3.05) is 5.32 Å². The van der Waals surface area contributed by atoms with E-state index in [1.54, 1.807) is 18.3 Å². The van der Waals surface area contributed by atoms with Gasteiger partial charge in [-0.1, -0.05) is 60.1 Å². The first-order valence-electron chi connectivity index (χ1n) is 10.1. The van der Waals surface area contributed by atoms with Crippen LogP contribution in [-0.2, 0) is 6.61 Å². The molecule has 0 saturated heterocycles. The number of anilines is 1. The zero-order valence-corrected chi connectivity index (χ0v) is 18.0. The minimum atomic E-state index is -0.234. The lowest BCUT2D eigenvalue weighted by Crippen LogP contribution is -2.13. The molecule has 1 amide bonds. The quantitative estimate of drug-likeness (QED) is 0.346. The van der Waals surface area contributed by atoms with Gasteiger partial charge in [0.15, 0.2) is 0 Å². The lowest BCUT2D eigenvalue weighted by Gasteiger charge is -2.12. The Kier molecular flexibility index (Phi) is 6.95. The van der Waals surface area contributed by atoms with Crippen LogP contribution < -0.4 is 10.1 Å². The first-order chi connectivity index (χ1) is 15.7. The molecule has 4 aromatic rings. The highest BCUT2D eigenvalue weighted by atomic mass is 35.5. The van der Waals surface area contributed by atoms with Gasteiger partial charge < -0.3 is 10.1 Å². The molecular formula is C27H21ClN2O2. The Hall–Kier alpha value is -3.89. The molecule has 0 bridgehead atoms. The Bertz CT molecular complexity index is 1220. The molecule has 1 aromatic heterocycles. The maximum Gasteiger partial charge on any atom is 0.259 e. The third-order valence-corrected chi connectivity index (χ3v) is 4.97. The summed E-state index contributed by atoms with van der Waals surface area (Å²) in [6, 6.07) is 28.0. The van der Waals surface area contributed by atoms with Crippen molar-refractivity contribution in [2.24, 2.45) is 0 Å². The van der Waals surface area contributed by atoms with E-state index < -0.39 is 0 Å². The van der Waals surface area contributed by atoms with Crippen LogP contribution >= 0.6 is 11.6 Å². The second-order valence-corrected chi connectivity index (χ2v) is 7.52. The van der Waals surface area contributed by atoms with Gasteiger partial charge in [0.2, 0.25) is 0 Å². The van der Waals surface area contributed by atoms with Crippen LogP contribution in [0.5, 0.6) is 5.75 Å². The number of amides is 1. The Morgan fingerprint density at radius 3 is 2.53 bits per heavy atom. The van der Waals surface area contributed by atoms with Gasteiger partial charge in [0.1, 0.15) is 12.4 Å². The standard InChI is InChI=1S/C27H21ClN2O2/c28-22-14-11-21(12-15-22)19-32-26-10-2-1-9-25(26)27(31)30-24-8-5-6-20(18-24)13-16-23-7-3-4-17-29-23/h1-18H,19H2,(H,30,31). The van der Waals surface area contributed by atoms with Gasteiger partial charge in [0.25, 0.3) is 5.91 Å². The zero-order valence-electron chi connectivity index (χ0n) is 17.2. The molecule has 0 radical (unpaired) electrons. The number of hydrogen-bond acceptors (Lipinski definition) is 3. The van der Waals surface area contributed by atoms with E-state index in [1.807, 2.05) is 91.0 Å². The van der Waals surface area contributed by atoms with Crippen LogP contribution in [0.15, 0.2) is 97.2 Å². The molecule has 1 N–H and O–H groups in total. The fraction of sp³-hybridized carbons (Fsp3) is 0.0370. The highest BCUT2D eigenvalue weighted by Crippen LogP contribution is 2.22. The fourth-order valence-electron chi connectivity index (χ4n) is 3.10. The van der Waals surface area contributed by atoms with Crippen LogP contribution in [0, 0.1) is 0 Å². The van der Waals surface area contributed by atoms with E-state index in [0.717, 1.165) is 16.8 Å². The third kappa shape index (κ3) is 5.84. The summed E-state index contributed by atoms with van der Waals surface area (Å²) in [6.07, 6.45) is 5.64. The summed E-state index contributed by atoms with van der Waals surface area (Å²) in [4.78, 5) is 17.2. The Labute approximate surface area is 192 Å². The molecule has 3 aromatic carbocycles. The van der Waals surface area contributed by atoms with Crippen molar-refractivity contribution < 1.29 is 9.53 Å². The second-order valence-electron chi connectivity index (χ2n) is 7.08. The van der Waals surface area contributed by atoms with Crippen molar-refractivity contribution in [3.8, 4) is 5.75 Å². The third-order valence-electron chi connectivity index (χ3n) is 4.72. The van der Waals surface area contributed by atoms with Crippen LogP contribution in [0.2, 0.25) is 5.02 Å². The average Bonchev–Trinajstić information content (AvgIpc) is 2.83. The van der Waals surface area contributed by atoms with E-state index in [1.165, 1.54) is 0 Å². The lowest BCUT2D eigenvalue weighted by molar-refractivity contribution is 0.102. The molecule has 0 aliphatic carbocycles. The summed E-state index contributed by atoms with van der Waals surface area (Å²) in [7, 11) is 0. The minimum Gasteiger partial charge on any atom is -0.488 e. The van der Waals surface area contributed by atoms with Crippen LogP contribution in [0.4, 0.5) is 5.69 Å². The van der Waals surface area contributed by atoms with E-state index in [0.29, 0.717) is 28.6 Å². The molecule has 0 aliphatic rings. The SMILES string of the molecule is O=C(Nc1cccc(C=Cc2ccccn2)c1)c1ccccc1OCc1ccc(Cl)cc1. The van der Waals surface area contributed by atoms with Crippen LogP contribution in [0.1, 0.15) is 27.2 Å². The molecule has 5 heteroatoms. The predicted octanol–water partition coefficient (Wildman–Crippen LogP) is 6.74. The normalized spacial score (nSPS) is 10.8. The second kappa shape index (κ2) is 10.4. The van der Waals surface area contributed by atoms with Crippen molar-refractivity contribution in [3.63, 3.8) is 0 Å². The molecule has 4 nitrogen and oxygen atoms in total. The van der Waals surface area contributed by atoms with Crippen molar-refractivity contribution in [2.45, 2.75) is 6.61 Å². The molecule has 0 aliphatic heterocycles. The fourth-order valence-corrected chi connectivity index (χ4v) is 3.22. The summed E-state index contributed by atoms with van der Waals surface area (Å²) < 4.78 is 5.91.